The molecule has 1 fully saturated rings. The molecule has 2 aliphatic rings. The Morgan fingerprint density at radius 2 is 1.39 bits per heavy atom. The third-order valence-corrected chi connectivity index (χ3v) is 7.41. The second-order valence-electron chi connectivity index (χ2n) is 9.98. The zero-order chi connectivity index (χ0) is 26.1. The van der Waals surface area contributed by atoms with Crippen molar-refractivity contribution in [1.29, 1.82) is 0 Å². The molecule has 1 saturated heterocycles. The summed E-state index contributed by atoms with van der Waals surface area (Å²) in [7, 11) is 0. The maximum Gasteiger partial charge on any atom is 0.323 e. The van der Waals surface area contributed by atoms with Gasteiger partial charge in [0.25, 0.3) is 11.5 Å². The fourth-order valence-electron chi connectivity index (χ4n) is 5.63. The maximum absolute atomic E-state index is 13.4. The van der Waals surface area contributed by atoms with E-state index in [1.54, 1.807) is 22.8 Å². The summed E-state index contributed by atoms with van der Waals surface area (Å²) in [5.41, 5.74) is 4.46. The molecule has 4 aromatic rings. The fourth-order valence-corrected chi connectivity index (χ4v) is 5.63. The lowest BCUT2D eigenvalue weighted by Gasteiger charge is -2.43. The van der Waals surface area contributed by atoms with E-state index >= 15 is 0 Å². The van der Waals surface area contributed by atoms with Crippen molar-refractivity contribution in [3.8, 4) is 11.1 Å². The second-order valence-corrected chi connectivity index (χ2v) is 9.98. The summed E-state index contributed by atoms with van der Waals surface area (Å²) in [6.07, 6.45) is 0.942. The van der Waals surface area contributed by atoms with Gasteiger partial charge in [-0.3, -0.25) is 9.59 Å². The molecule has 190 valence electrons. The third-order valence-electron chi connectivity index (χ3n) is 7.41. The van der Waals surface area contributed by atoms with E-state index < -0.39 is 6.03 Å². The molecular weight excluding hydrogens is 476 g/mol. The van der Waals surface area contributed by atoms with Gasteiger partial charge in [-0.2, -0.15) is 0 Å². The van der Waals surface area contributed by atoms with Crippen molar-refractivity contribution in [2.24, 2.45) is 5.92 Å². The van der Waals surface area contributed by atoms with Gasteiger partial charge in [-0.1, -0.05) is 60.7 Å². The Balaban J connectivity index is 1.16. The number of fused-ring (bicyclic) bond motifs is 4. The lowest BCUT2D eigenvalue weighted by atomic mass is 9.83. The predicted molar refractivity (Wildman–Crippen MR) is 148 cm³/mol. The molecule has 7 heteroatoms. The van der Waals surface area contributed by atoms with E-state index in [0.29, 0.717) is 30.9 Å². The molecule has 2 unspecified atom stereocenters. The Labute approximate surface area is 220 Å². The number of pyridine rings is 1. The lowest BCUT2D eigenvalue weighted by Crippen LogP contribution is -2.49. The molecule has 38 heavy (non-hydrogen) atoms. The van der Waals surface area contributed by atoms with Crippen LogP contribution in [0.3, 0.4) is 0 Å². The summed E-state index contributed by atoms with van der Waals surface area (Å²) < 4.78 is 1.77. The first kappa shape index (κ1) is 23.7. The van der Waals surface area contributed by atoms with Crippen LogP contribution in [-0.4, -0.2) is 34.5 Å². The highest BCUT2D eigenvalue weighted by atomic mass is 16.2. The van der Waals surface area contributed by atoms with E-state index in [1.807, 2.05) is 71.6 Å². The summed E-state index contributed by atoms with van der Waals surface area (Å²) >= 11 is 0. The predicted octanol–water partition coefficient (Wildman–Crippen LogP) is 5.42. The molecule has 1 aromatic heterocycles. The van der Waals surface area contributed by atoms with Crippen molar-refractivity contribution in [2.75, 3.05) is 23.7 Å². The average Bonchev–Trinajstić information content (AvgIpc) is 2.95. The van der Waals surface area contributed by atoms with E-state index in [1.165, 1.54) is 0 Å². The number of carbonyl (C=O) groups excluding carboxylic acids is 2. The first-order valence-corrected chi connectivity index (χ1v) is 12.9. The van der Waals surface area contributed by atoms with Crippen LogP contribution >= 0.6 is 0 Å². The number of piperidine rings is 1. The van der Waals surface area contributed by atoms with Gasteiger partial charge in [0.05, 0.1) is 0 Å². The number of urea groups is 1. The number of para-hydroxylation sites is 1. The fraction of sp³-hybridized carbons (Fsp3) is 0.194. The number of aromatic nitrogens is 1. The number of amides is 3. The first-order chi connectivity index (χ1) is 18.5. The van der Waals surface area contributed by atoms with Gasteiger partial charge in [0.15, 0.2) is 0 Å². The molecule has 0 spiro atoms. The molecule has 6 rings (SSSR count). The highest BCUT2D eigenvalue weighted by molar-refractivity contribution is 5.99. The van der Waals surface area contributed by atoms with Crippen molar-refractivity contribution in [2.45, 2.75) is 18.9 Å². The third kappa shape index (κ3) is 4.70. The normalized spacial score (nSPS) is 17.8. The molecule has 0 saturated carbocycles. The largest absolute Gasteiger partial charge is 0.338 e. The van der Waals surface area contributed by atoms with Crippen LogP contribution in [0.2, 0.25) is 0 Å². The van der Waals surface area contributed by atoms with Gasteiger partial charge in [0.2, 0.25) is 0 Å². The van der Waals surface area contributed by atoms with Gasteiger partial charge in [0, 0.05) is 42.5 Å². The number of hydrogen-bond donors (Lipinski definition) is 2. The molecule has 2 atom stereocenters. The molecule has 0 aliphatic carbocycles. The van der Waals surface area contributed by atoms with E-state index in [2.05, 4.69) is 22.8 Å². The van der Waals surface area contributed by atoms with Crippen LogP contribution in [0.1, 0.15) is 28.4 Å². The monoisotopic (exact) mass is 504 g/mol. The van der Waals surface area contributed by atoms with Crippen molar-refractivity contribution in [3.63, 3.8) is 0 Å². The van der Waals surface area contributed by atoms with E-state index in [4.69, 9.17) is 0 Å². The Morgan fingerprint density at radius 1 is 0.711 bits per heavy atom. The smallest absolute Gasteiger partial charge is 0.323 e. The Bertz CT molecular complexity index is 1530. The van der Waals surface area contributed by atoms with Crippen LogP contribution in [0, 0.1) is 5.92 Å². The number of anilines is 2. The average molecular weight is 505 g/mol. The number of nitrogens with zero attached hydrogens (tertiary/aromatic N) is 2. The molecule has 7 nitrogen and oxygen atoms in total. The van der Waals surface area contributed by atoms with Crippen LogP contribution < -0.4 is 16.2 Å². The maximum atomic E-state index is 13.4. The van der Waals surface area contributed by atoms with Gasteiger partial charge in [-0.25, -0.2) is 4.79 Å². The number of rotatable bonds is 4. The Hall–Kier alpha value is -4.65. The van der Waals surface area contributed by atoms with Gasteiger partial charge in [-0.15, -0.1) is 0 Å². The van der Waals surface area contributed by atoms with Crippen LogP contribution in [0.4, 0.5) is 16.2 Å². The van der Waals surface area contributed by atoms with Gasteiger partial charge in [0.1, 0.15) is 5.69 Å². The van der Waals surface area contributed by atoms with E-state index in [0.717, 1.165) is 23.2 Å². The zero-order valence-corrected chi connectivity index (χ0v) is 20.8. The number of nitrogens with one attached hydrogen (secondary N) is 2. The minimum absolute atomic E-state index is 0.0194. The standard InChI is InChI=1S/C31H28N4O3/c36-29(24-13-11-23(12-14-24)22-7-3-1-4-8-22)34-18-21-17-25(20-34)28-16-15-27(30(37)35(28)19-21)33-31(38)32-26-9-5-2-6-10-26/h1-16,21,25H,17-20H2,(H2,32,33,38). The van der Waals surface area contributed by atoms with Crippen LogP contribution in [0.15, 0.2) is 102 Å². The van der Waals surface area contributed by atoms with Crippen molar-refractivity contribution >= 4 is 23.3 Å². The summed E-state index contributed by atoms with van der Waals surface area (Å²) in [5.74, 6) is 0.279. The summed E-state index contributed by atoms with van der Waals surface area (Å²) in [6, 6.07) is 30.1. The molecule has 3 amide bonds. The Kier molecular flexibility index (Phi) is 6.25. The minimum Gasteiger partial charge on any atom is -0.338 e. The van der Waals surface area contributed by atoms with Crippen LogP contribution in [0.25, 0.3) is 11.1 Å². The highest BCUT2D eigenvalue weighted by Gasteiger charge is 2.37. The van der Waals surface area contributed by atoms with Crippen LogP contribution in [-0.2, 0) is 6.54 Å². The summed E-state index contributed by atoms with van der Waals surface area (Å²) in [6.45, 7) is 1.70. The van der Waals surface area contributed by atoms with Crippen molar-refractivity contribution < 1.29 is 9.59 Å². The lowest BCUT2D eigenvalue weighted by molar-refractivity contribution is 0.0594. The molecule has 2 aliphatic heterocycles. The SMILES string of the molecule is O=C(Nc1ccccc1)Nc1ccc2n(c1=O)CC1CC2CN(C(=O)c2ccc(-c3ccccc3)cc2)C1. The van der Waals surface area contributed by atoms with Crippen LogP contribution in [0.5, 0.6) is 0 Å². The number of carbonyl (C=O) groups is 2. The first-order valence-electron chi connectivity index (χ1n) is 12.9. The molecule has 3 aromatic carbocycles. The topological polar surface area (TPSA) is 83.4 Å². The molecule has 0 radical (unpaired) electrons. The molecule has 2 N–H and O–H groups in total. The quantitative estimate of drug-likeness (QED) is 0.389. The molecule has 3 heterocycles. The number of benzene rings is 3. The summed E-state index contributed by atoms with van der Waals surface area (Å²) in [5, 5.41) is 5.43. The van der Waals surface area contributed by atoms with Crippen molar-refractivity contribution in [1.82, 2.24) is 9.47 Å². The van der Waals surface area contributed by atoms with E-state index in [9.17, 15) is 14.4 Å². The molecular formula is C31H28N4O3. The van der Waals surface area contributed by atoms with Crippen molar-refractivity contribution in [3.05, 3.63) is 119 Å². The number of hydrogen-bond acceptors (Lipinski definition) is 3. The second kappa shape index (κ2) is 10.0. The van der Waals surface area contributed by atoms with Gasteiger partial charge >= 0.3 is 6.03 Å². The minimum atomic E-state index is -0.458. The highest BCUT2D eigenvalue weighted by Crippen LogP contribution is 2.36. The Morgan fingerprint density at radius 3 is 2.13 bits per heavy atom. The van der Waals surface area contributed by atoms with E-state index in [-0.39, 0.29) is 29.0 Å². The molecule has 2 bridgehead atoms. The number of likely N-dealkylation sites (tertiary alicyclic amines) is 1. The summed E-state index contributed by atoms with van der Waals surface area (Å²) in [4.78, 5) is 41.0. The van der Waals surface area contributed by atoms with Gasteiger partial charge in [-0.05, 0) is 59.9 Å². The zero-order valence-electron chi connectivity index (χ0n) is 20.8. The van der Waals surface area contributed by atoms with Gasteiger partial charge < -0.3 is 20.1 Å².